The molecule has 1 aromatic rings. The van der Waals surface area contributed by atoms with E-state index in [1.54, 1.807) is 0 Å². The van der Waals surface area contributed by atoms with E-state index in [1.165, 1.54) is 17.5 Å². The van der Waals surface area contributed by atoms with Crippen LogP contribution in [0.25, 0.3) is 0 Å². The van der Waals surface area contributed by atoms with Crippen LogP contribution in [0, 0.1) is 0 Å². The molecule has 0 bridgehead atoms. The number of carbonyl (C=O) groups excluding carboxylic acids is 1. The van der Waals surface area contributed by atoms with Crippen molar-refractivity contribution < 1.29 is 4.79 Å². The smallest absolute Gasteiger partial charge is 0.144 e. The van der Waals surface area contributed by atoms with Gasteiger partial charge in [0, 0.05) is 6.42 Å². The quantitative estimate of drug-likeness (QED) is 0.549. The number of rotatable bonds is 5. The summed E-state index contributed by atoms with van der Waals surface area (Å²) in [6, 6.07) is 8.31. The summed E-state index contributed by atoms with van der Waals surface area (Å²) in [5.41, 5.74) is 2.53. The molecule has 0 aromatic heterocycles. The Kier molecular flexibility index (Phi) is 4.13. The Morgan fingerprint density at radius 2 is 2.12 bits per heavy atom. The molecule has 1 unspecified atom stereocenters. The first-order valence-corrected chi connectivity index (χ1v) is 6.60. The van der Waals surface area contributed by atoms with Crippen LogP contribution >= 0.6 is 0 Å². The van der Waals surface area contributed by atoms with Crippen molar-refractivity contribution in [3.05, 3.63) is 47.5 Å². The predicted molar refractivity (Wildman–Crippen MR) is 71.2 cm³/mol. The van der Waals surface area contributed by atoms with E-state index in [0.717, 1.165) is 25.7 Å². The van der Waals surface area contributed by atoms with Crippen molar-refractivity contribution >= 4 is 5.78 Å². The molecule has 1 aromatic carbocycles. The minimum Gasteiger partial charge on any atom is -0.299 e. The number of hydrogen-bond acceptors (Lipinski definition) is 1. The highest BCUT2D eigenvalue weighted by Crippen LogP contribution is 2.28. The second-order valence-corrected chi connectivity index (χ2v) is 4.73. The van der Waals surface area contributed by atoms with Crippen molar-refractivity contribution in [3.8, 4) is 0 Å². The number of allylic oxidation sites excluding steroid dienone is 2. The van der Waals surface area contributed by atoms with E-state index in [4.69, 9.17) is 0 Å². The summed E-state index contributed by atoms with van der Waals surface area (Å²) >= 11 is 0. The van der Waals surface area contributed by atoms with Crippen LogP contribution in [-0.2, 0) is 11.2 Å². The van der Waals surface area contributed by atoms with Crippen LogP contribution in [0.3, 0.4) is 0 Å². The van der Waals surface area contributed by atoms with Crippen LogP contribution in [0.5, 0.6) is 0 Å². The summed E-state index contributed by atoms with van der Waals surface area (Å²) in [4.78, 5) is 12.2. The average Bonchev–Trinajstić information content (AvgIpc) is 2.38. The molecular weight excluding hydrogens is 208 g/mol. The van der Waals surface area contributed by atoms with Crippen LogP contribution < -0.4 is 0 Å². The molecule has 0 N–H and O–H groups in total. The third-order valence-electron chi connectivity index (χ3n) is 3.43. The van der Waals surface area contributed by atoms with Crippen molar-refractivity contribution in [2.75, 3.05) is 0 Å². The van der Waals surface area contributed by atoms with Crippen LogP contribution in [0.1, 0.15) is 49.7 Å². The molecule has 0 fully saturated rings. The number of benzene rings is 1. The first kappa shape index (κ1) is 12.1. The van der Waals surface area contributed by atoms with Gasteiger partial charge >= 0.3 is 0 Å². The van der Waals surface area contributed by atoms with Crippen molar-refractivity contribution in [2.24, 2.45) is 0 Å². The third-order valence-corrected chi connectivity index (χ3v) is 3.43. The summed E-state index contributed by atoms with van der Waals surface area (Å²) in [5, 5.41) is 0. The molecule has 0 saturated heterocycles. The molecular formula is C16H20O. The molecule has 0 amide bonds. The largest absolute Gasteiger partial charge is 0.299 e. The summed E-state index contributed by atoms with van der Waals surface area (Å²) in [6.45, 7) is 2.17. The molecule has 0 aliphatic heterocycles. The summed E-state index contributed by atoms with van der Waals surface area (Å²) in [7, 11) is 0. The lowest BCUT2D eigenvalue weighted by molar-refractivity contribution is -0.119. The molecule has 0 radical (unpaired) electrons. The number of hydrogen-bond donors (Lipinski definition) is 0. The molecule has 2 rings (SSSR count). The number of Topliss-reactive ketones (excluding diaryl/α,β-unsaturated/α-hetero) is 1. The lowest BCUT2D eigenvalue weighted by atomic mass is 9.84. The van der Waals surface area contributed by atoms with E-state index in [0.29, 0.717) is 5.78 Å². The molecule has 1 atom stereocenters. The molecule has 1 aliphatic rings. The van der Waals surface area contributed by atoms with Crippen LogP contribution in [-0.4, -0.2) is 5.78 Å². The van der Waals surface area contributed by atoms with Gasteiger partial charge < -0.3 is 0 Å². The van der Waals surface area contributed by atoms with Gasteiger partial charge in [-0.1, -0.05) is 56.2 Å². The predicted octanol–water partition coefficient (Wildman–Crippen LogP) is 4.03. The minimum absolute atomic E-state index is 0.0109. The van der Waals surface area contributed by atoms with Gasteiger partial charge in [0.25, 0.3) is 0 Å². The molecule has 0 heterocycles. The zero-order valence-electron chi connectivity index (χ0n) is 10.5. The molecule has 0 spiro atoms. The van der Waals surface area contributed by atoms with E-state index >= 15 is 0 Å². The summed E-state index contributed by atoms with van der Waals surface area (Å²) in [6.07, 6.45) is 9.25. The van der Waals surface area contributed by atoms with Crippen LogP contribution in [0.2, 0.25) is 0 Å². The second kappa shape index (κ2) is 5.81. The summed E-state index contributed by atoms with van der Waals surface area (Å²) in [5.74, 6) is 0.388. The number of carbonyl (C=O) groups is 1. The topological polar surface area (TPSA) is 17.1 Å². The van der Waals surface area contributed by atoms with Gasteiger partial charge in [0.15, 0.2) is 0 Å². The number of ketones is 1. The Hall–Kier alpha value is -1.37. The second-order valence-electron chi connectivity index (χ2n) is 4.73. The zero-order valence-corrected chi connectivity index (χ0v) is 10.5. The molecule has 17 heavy (non-hydrogen) atoms. The van der Waals surface area contributed by atoms with Gasteiger partial charge in [-0.05, 0) is 24.0 Å². The van der Waals surface area contributed by atoms with Gasteiger partial charge in [-0.25, -0.2) is 0 Å². The van der Waals surface area contributed by atoms with Crippen molar-refractivity contribution in [2.45, 2.75) is 44.9 Å². The fourth-order valence-corrected chi connectivity index (χ4v) is 2.44. The fourth-order valence-electron chi connectivity index (χ4n) is 2.44. The molecule has 1 aliphatic carbocycles. The Morgan fingerprint density at radius 3 is 2.94 bits per heavy atom. The van der Waals surface area contributed by atoms with Crippen LogP contribution in [0.15, 0.2) is 36.4 Å². The van der Waals surface area contributed by atoms with Gasteiger partial charge in [-0.3, -0.25) is 4.79 Å². The highest BCUT2D eigenvalue weighted by atomic mass is 16.1. The number of unbranched alkanes of at least 4 members (excludes halogenated alkanes) is 2. The Morgan fingerprint density at radius 1 is 1.29 bits per heavy atom. The van der Waals surface area contributed by atoms with Crippen molar-refractivity contribution in [3.63, 3.8) is 0 Å². The van der Waals surface area contributed by atoms with Gasteiger partial charge in [0.1, 0.15) is 5.78 Å². The Labute approximate surface area is 104 Å². The average molecular weight is 228 g/mol. The third kappa shape index (κ3) is 2.85. The standard InChI is InChI=1S/C16H20O/c1-2-3-4-12-16(17)15-11-7-9-13-8-5-6-10-14(13)15/h5-8,10-11,15H,2-4,9,12H2,1H3. The SMILES string of the molecule is CCCCCC(=O)C1C=CCc2ccccc21. The van der Waals surface area contributed by atoms with E-state index in [-0.39, 0.29) is 5.92 Å². The van der Waals surface area contributed by atoms with Gasteiger partial charge in [0.2, 0.25) is 0 Å². The lowest BCUT2D eigenvalue weighted by Crippen LogP contribution is -2.14. The maximum atomic E-state index is 12.2. The minimum atomic E-state index is 0.0109. The maximum absolute atomic E-state index is 12.2. The first-order chi connectivity index (χ1) is 8.33. The number of fused-ring (bicyclic) bond motifs is 1. The normalized spacial score (nSPS) is 17.8. The summed E-state index contributed by atoms with van der Waals surface area (Å²) < 4.78 is 0. The Balaban J connectivity index is 2.08. The van der Waals surface area contributed by atoms with Crippen molar-refractivity contribution in [1.82, 2.24) is 0 Å². The maximum Gasteiger partial charge on any atom is 0.144 e. The first-order valence-electron chi connectivity index (χ1n) is 6.60. The monoisotopic (exact) mass is 228 g/mol. The van der Waals surface area contributed by atoms with Crippen molar-refractivity contribution in [1.29, 1.82) is 0 Å². The van der Waals surface area contributed by atoms with Gasteiger partial charge in [-0.15, -0.1) is 0 Å². The van der Waals surface area contributed by atoms with E-state index in [2.05, 4.69) is 37.3 Å². The Bertz CT molecular complexity index is 417. The fraction of sp³-hybridized carbons (Fsp3) is 0.438. The molecule has 0 saturated carbocycles. The highest BCUT2D eigenvalue weighted by Gasteiger charge is 2.21. The molecule has 1 nitrogen and oxygen atoms in total. The van der Waals surface area contributed by atoms with E-state index < -0.39 is 0 Å². The van der Waals surface area contributed by atoms with E-state index in [1.807, 2.05) is 6.07 Å². The lowest BCUT2D eigenvalue weighted by Gasteiger charge is -2.19. The van der Waals surface area contributed by atoms with E-state index in [9.17, 15) is 4.79 Å². The molecule has 90 valence electrons. The highest BCUT2D eigenvalue weighted by molar-refractivity contribution is 5.88. The molecule has 1 heteroatoms. The van der Waals surface area contributed by atoms with Gasteiger partial charge in [0.05, 0.1) is 5.92 Å². The van der Waals surface area contributed by atoms with Gasteiger partial charge in [-0.2, -0.15) is 0 Å². The zero-order chi connectivity index (χ0) is 12.1. The van der Waals surface area contributed by atoms with Crippen LogP contribution in [0.4, 0.5) is 0 Å².